The molecular formula is C10H15NO4. The Labute approximate surface area is 88.0 Å². The van der Waals surface area contributed by atoms with Crippen molar-refractivity contribution in [2.75, 3.05) is 20.8 Å². The smallest absolute Gasteiger partial charge is 0.164 e. The highest BCUT2D eigenvalue weighted by atomic mass is 16.5. The molecule has 1 aromatic carbocycles. The first-order valence-electron chi connectivity index (χ1n) is 4.45. The van der Waals surface area contributed by atoms with Crippen LogP contribution in [0.2, 0.25) is 0 Å². The summed E-state index contributed by atoms with van der Waals surface area (Å²) in [5.74, 6) is 0.868. The molecule has 5 nitrogen and oxygen atoms in total. The predicted molar refractivity (Wildman–Crippen MR) is 55.2 cm³/mol. The molecule has 0 aromatic heterocycles. The topological polar surface area (TPSA) is 84.9 Å². The fourth-order valence-electron chi connectivity index (χ4n) is 1.28. The van der Waals surface area contributed by atoms with E-state index in [1.54, 1.807) is 6.07 Å². The lowest BCUT2D eigenvalue weighted by Crippen LogP contribution is -2.14. The quantitative estimate of drug-likeness (QED) is 0.674. The van der Waals surface area contributed by atoms with Gasteiger partial charge >= 0.3 is 0 Å². The molecular weight excluding hydrogens is 198 g/mol. The number of nitrogens with two attached hydrogens (primary N) is 1. The van der Waals surface area contributed by atoms with Gasteiger partial charge in [0, 0.05) is 11.6 Å². The second-order valence-electron chi connectivity index (χ2n) is 3.06. The van der Waals surface area contributed by atoms with Crippen LogP contribution in [-0.4, -0.2) is 31.0 Å². The van der Waals surface area contributed by atoms with Crippen LogP contribution in [0.15, 0.2) is 12.1 Å². The fourth-order valence-corrected chi connectivity index (χ4v) is 1.28. The van der Waals surface area contributed by atoms with Crippen molar-refractivity contribution < 1.29 is 19.7 Å². The van der Waals surface area contributed by atoms with E-state index in [4.69, 9.17) is 20.3 Å². The lowest BCUT2D eigenvalue weighted by molar-refractivity contribution is 0.264. The molecule has 0 saturated carbocycles. The number of rotatable bonds is 4. The van der Waals surface area contributed by atoms with Crippen LogP contribution in [0.5, 0.6) is 17.2 Å². The van der Waals surface area contributed by atoms with Crippen molar-refractivity contribution in [1.82, 2.24) is 0 Å². The largest absolute Gasteiger partial charge is 0.507 e. The van der Waals surface area contributed by atoms with E-state index >= 15 is 0 Å². The minimum Gasteiger partial charge on any atom is -0.507 e. The van der Waals surface area contributed by atoms with Gasteiger partial charge in [-0.15, -0.1) is 0 Å². The molecule has 1 aromatic rings. The average Bonchev–Trinajstić information content (AvgIpc) is 2.27. The summed E-state index contributed by atoms with van der Waals surface area (Å²) in [4.78, 5) is 0. The van der Waals surface area contributed by atoms with Crippen molar-refractivity contribution >= 4 is 0 Å². The number of aliphatic hydroxyl groups excluding tert-OH is 1. The molecule has 0 aliphatic rings. The first-order valence-corrected chi connectivity index (χ1v) is 4.45. The summed E-state index contributed by atoms with van der Waals surface area (Å²) >= 11 is 0. The Morgan fingerprint density at radius 2 is 1.80 bits per heavy atom. The van der Waals surface area contributed by atoms with Crippen LogP contribution in [0.25, 0.3) is 0 Å². The van der Waals surface area contributed by atoms with E-state index in [9.17, 15) is 5.11 Å². The van der Waals surface area contributed by atoms with Gasteiger partial charge in [0.15, 0.2) is 11.5 Å². The molecule has 0 bridgehead atoms. The minimum absolute atomic E-state index is 0.0193. The zero-order valence-electron chi connectivity index (χ0n) is 8.73. The van der Waals surface area contributed by atoms with Gasteiger partial charge in [0.05, 0.1) is 26.9 Å². The molecule has 1 atom stereocenters. The van der Waals surface area contributed by atoms with E-state index in [1.165, 1.54) is 20.3 Å². The number of methoxy groups -OCH3 is 2. The standard InChI is InChI=1S/C10H15NO4/c1-14-9-3-6(7(11)5-12)8(13)4-10(9)15-2/h3-4,7,12-13H,5,11H2,1-2H3. The second-order valence-corrected chi connectivity index (χ2v) is 3.06. The number of hydrogen-bond acceptors (Lipinski definition) is 5. The van der Waals surface area contributed by atoms with Gasteiger partial charge < -0.3 is 25.4 Å². The van der Waals surface area contributed by atoms with Crippen molar-refractivity contribution in [1.29, 1.82) is 0 Å². The fraction of sp³-hybridized carbons (Fsp3) is 0.400. The number of phenols is 1. The number of phenolic OH excluding ortho intramolecular Hbond substituents is 1. The number of aromatic hydroxyl groups is 1. The summed E-state index contributed by atoms with van der Waals surface area (Å²) in [6.07, 6.45) is 0. The monoisotopic (exact) mass is 213 g/mol. The Morgan fingerprint density at radius 1 is 1.27 bits per heavy atom. The Morgan fingerprint density at radius 3 is 2.27 bits per heavy atom. The summed E-state index contributed by atoms with van der Waals surface area (Å²) < 4.78 is 10.1. The van der Waals surface area contributed by atoms with Gasteiger partial charge in [0.2, 0.25) is 0 Å². The summed E-state index contributed by atoms with van der Waals surface area (Å²) in [5, 5.41) is 18.5. The second kappa shape index (κ2) is 4.86. The maximum atomic E-state index is 9.62. The van der Waals surface area contributed by atoms with Crippen molar-refractivity contribution in [3.8, 4) is 17.2 Å². The molecule has 1 unspecified atom stereocenters. The van der Waals surface area contributed by atoms with E-state index in [-0.39, 0.29) is 12.4 Å². The van der Waals surface area contributed by atoms with Gasteiger partial charge in [-0.3, -0.25) is 0 Å². The van der Waals surface area contributed by atoms with E-state index < -0.39 is 6.04 Å². The highest BCUT2D eigenvalue weighted by molar-refractivity contribution is 5.51. The van der Waals surface area contributed by atoms with Crippen molar-refractivity contribution in [2.24, 2.45) is 5.73 Å². The third-order valence-corrected chi connectivity index (χ3v) is 2.13. The molecule has 0 fully saturated rings. The highest BCUT2D eigenvalue weighted by Crippen LogP contribution is 2.35. The highest BCUT2D eigenvalue weighted by Gasteiger charge is 2.15. The lowest BCUT2D eigenvalue weighted by atomic mass is 10.1. The van der Waals surface area contributed by atoms with Crippen molar-refractivity contribution in [2.45, 2.75) is 6.04 Å². The molecule has 84 valence electrons. The molecule has 1 rings (SSSR count). The predicted octanol–water partition coefficient (Wildman–Crippen LogP) is 0.401. The summed E-state index contributed by atoms with van der Waals surface area (Å²) in [6, 6.07) is 2.32. The van der Waals surface area contributed by atoms with Gasteiger partial charge in [-0.25, -0.2) is 0 Å². The summed E-state index contributed by atoms with van der Waals surface area (Å²) in [6.45, 7) is -0.247. The third-order valence-electron chi connectivity index (χ3n) is 2.13. The van der Waals surface area contributed by atoms with Crippen molar-refractivity contribution in [3.63, 3.8) is 0 Å². The Balaban J connectivity index is 3.19. The zero-order valence-corrected chi connectivity index (χ0v) is 8.73. The summed E-state index contributed by atoms with van der Waals surface area (Å²) in [7, 11) is 2.96. The normalized spacial score (nSPS) is 12.3. The van der Waals surface area contributed by atoms with E-state index in [0.29, 0.717) is 17.1 Å². The molecule has 0 aliphatic heterocycles. The van der Waals surface area contributed by atoms with Gasteiger partial charge in [-0.1, -0.05) is 0 Å². The van der Waals surface area contributed by atoms with E-state index in [2.05, 4.69) is 0 Å². The molecule has 4 N–H and O–H groups in total. The Bertz CT molecular complexity index is 340. The van der Waals surface area contributed by atoms with Crippen LogP contribution in [0.1, 0.15) is 11.6 Å². The van der Waals surface area contributed by atoms with Crippen LogP contribution in [0.4, 0.5) is 0 Å². The van der Waals surface area contributed by atoms with Crippen molar-refractivity contribution in [3.05, 3.63) is 17.7 Å². The molecule has 5 heteroatoms. The van der Waals surface area contributed by atoms with Gasteiger partial charge in [-0.05, 0) is 6.07 Å². The number of benzene rings is 1. The van der Waals surface area contributed by atoms with Crippen LogP contribution >= 0.6 is 0 Å². The van der Waals surface area contributed by atoms with E-state index in [1.807, 2.05) is 0 Å². The van der Waals surface area contributed by atoms with Crippen LogP contribution in [0, 0.1) is 0 Å². The van der Waals surface area contributed by atoms with Gasteiger partial charge in [0.25, 0.3) is 0 Å². The van der Waals surface area contributed by atoms with Crippen LogP contribution in [-0.2, 0) is 0 Å². The Kier molecular flexibility index (Phi) is 3.76. The molecule has 0 radical (unpaired) electrons. The maximum Gasteiger partial charge on any atom is 0.164 e. The number of hydrogen-bond donors (Lipinski definition) is 3. The first-order chi connectivity index (χ1) is 7.13. The molecule has 0 amide bonds. The molecule has 0 spiro atoms. The third kappa shape index (κ3) is 2.31. The zero-order chi connectivity index (χ0) is 11.4. The summed E-state index contributed by atoms with van der Waals surface area (Å²) in [5.41, 5.74) is 6.03. The van der Waals surface area contributed by atoms with Gasteiger partial charge in [0.1, 0.15) is 5.75 Å². The van der Waals surface area contributed by atoms with Gasteiger partial charge in [-0.2, -0.15) is 0 Å². The molecule has 0 heterocycles. The number of aliphatic hydroxyl groups is 1. The molecule has 0 saturated heterocycles. The molecule has 15 heavy (non-hydrogen) atoms. The minimum atomic E-state index is -0.634. The first kappa shape index (κ1) is 11.6. The SMILES string of the molecule is COc1cc(O)c(C(N)CO)cc1OC. The van der Waals surface area contributed by atoms with Crippen LogP contribution in [0.3, 0.4) is 0 Å². The molecule has 0 aliphatic carbocycles. The van der Waals surface area contributed by atoms with Crippen LogP contribution < -0.4 is 15.2 Å². The Hall–Kier alpha value is -1.46. The average molecular weight is 213 g/mol. The van der Waals surface area contributed by atoms with E-state index in [0.717, 1.165) is 0 Å². The maximum absolute atomic E-state index is 9.62. The number of ether oxygens (including phenoxy) is 2. The lowest BCUT2D eigenvalue weighted by Gasteiger charge is -2.14.